The van der Waals surface area contributed by atoms with Crippen molar-refractivity contribution in [1.82, 2.24) is 43.2 Å². The van der Waals surface area contributed by atoms with Gasteiger partial charge in [0.1, 0.15) is 17.7 Å². The Hall–Kier alpha value is -4.85. The third kappa shape index (κ3) is 4.30. The Kier molecular flexibility index (Phi) is 6.01. The van der Waals surface area contributed by atoms with Crippen LogP contribution in [0.5, 0.6) is 0 Å². The number of hydrogen-bond acceptors (Lipinski definition) is 9. The van der Waals surface area contributed by atoms with Crippen molar-refractivity contribution in [1.29, 1.82) is 0 Å². The van der Waals surface area contributed by atoms with Crippen LogP contribution in [0.15, 0.2) is 60.2 Å². The molecule has 13 nitrogen and oxygen atoms in total. The summed E-state index contributed by atoms with van der Waals surface area (Å²) in [5, 5.41) is 23.4. The molecule has 0 atom stereocenters. The smallest absolute Gasteiger partial charge is 0.280 e. The fourth-order valence-electron chi connectivity index (χ4n) is 7.34. The summed E-state index contributed by atoms with van der Waals surface area (Å²) in [6, 6.07) is 8.39. The van der Waals surface area contributed by atoms with Crippen molar-refractivity contribution in [2.45, 2.75) is 52.4 Å². The van der Waals surface area contributed by atoms with E-state index in [9.17, 15) is 9.90 Å². The number of aliphatic hydroxyl groups is 1. The number of rotatable bonds is 6. The quantitative estimate of drug-likeness (QED) is 0.289. The van der Waals surface area contributed by atoms with Gasteiger partial charge >= 0.3 is 0 Å². The third-order valence-corrected chi connectivity index (χ3v) is 9.68. The Balaban J connectivity index is 1.09. The van der Waals surface area contributed by atoms with E-state index < -0.39 is 0 Å². The average Bonchev–Trinajstić information content (AvgIpc) is 3.78. The number of nitrogens with zero attached hydrogens (tertiary/aromatic N) is 9. The van der Waals surface area contributed by atoms with Gasteiger partial charge in [-0.3, -0.25) is 18.9 Å². The van der Waals surface area contributed by atoms with E-state index in [4.69, 9.17) is 9.84 Å². The molecule has 0 aromatic carbocycles. The Morgan fingerprint density at radius 1 is 1.11 bits per heavy atom. The van der Waals surface area contributed by atoms with Crippen molar-refractivity contribution in [2.75, 3.05) is 25.1 Å². The third-order valence-electron chi connectivity index (χ3n) is 9.68. The number of fused-ring (bicyclic) bond motifs is 5. The molecule has 2 aliphatic heterocycles. The van der Waals surface area contributed by atoms with Gasteiger partial charge in [-0.25, -0.2) is 14.5 Å². The minimum Gasteiger partial charge on any atom is -0.392 e. The minimum absolute atomic E-state index is 0.171. The first-order valence-corrected chi connectivity index (χ1v) is 15.7. The number of aromatic nitrogens is 8. The van der Waals surface area contributed by atoms with Crippen molar-refractivity contribution in [3.8, 4) is 16.9 Å². The molecule has 0 bridgehead atoms. The van der Waals surface area contributed by atoms with E-state index in [1.807, 2.05) is 35.0 Å². The summed E-state index contributed by atoms with van der Waals surface area (Å²) in [7, 11) is 0. The zero-order valence-electron chi connectivity index (χ0n) is 25.7. The molecule has 13 heteroatoms. The summed E-state index contributed by atoms with van der Waals surface area (Å²) in [5.74, 6) is 1.12. The highest BCUT2D eigenvalue weighted by Gasteiger charge is 2.32. The summed E-state index contributed by atoms with van der Waals surface area (Å²) in [4.78, 5) is 25.4. The molecule has 1 saturated heterocycles. The molecule has 6 aromatic rings. The molecule has 1 aliphatic carbocycles. The van der Waals surface area contributed by atoms with Crippen LogP contribution < -0.4 is 10.9 Å². The van der Waals surface area contributed by atoms with Gasteiger partial charge < -0.3 is 19.6 Å². The van der Waals surface area contributed by atoms with Gasteiger partial charge in [0.15, 0.2) is 11.5 Å². The standard InChI is InChI=1S/C33H34N10O3/c1-33(2)12-20-10-27-32(45)41(7-6-40(27)28(20)13-33)30-25(16-44)24(3-4-34-30)21-9-26(31-35-19-36-43(31)14-21)37-29-11-22-15-39(23-17-46-18-23)5-8-42(22)38-29/h3-4,6-7,9-11,14,19,23,44H,5,8,12-13,15-18H2,1-2H3,(H,37,38). The zero-order valence-corrected chi connectivity index (χ0v) is 25.7. The van der Waals surface area contributed by atoms with Gasteiger partial charge in [0, 0.05) is 60.8 Å². The average molecular weight is 619 g/mol. The van der Waals surface area contributed by atoms with E-state index in [0.29, 0.717) is 28.6 Å². The van der Waals surface area contributed by atoms with E-state index in [2.05, 4.69) is 49.9 Å². The van der Waals surface area contributed by atoms with Crippen LogP contribution in [0.2, 0.25) is 0 Å². The summed E-state index contributed by atoms with van der Waals surface area (Å²) in [5.41, 5.74) is 7.61. The van der Waals surface area contributed by atoms with E-state index in [1.54, 1.807) is 16.9 Å². The summed E-state index contributed by atoms with van der Waals surface area (Å²) >= 11 is 0. The molecule has 0 amide bonds. The molecular formula is C33H34N10O3. The number of ether oxygens (including phenoxy) is 1. The second-order valence-corrected chi connectivity index (χ2v) is 13.4. The van der Waals surface area contributed by atoms with E-state index >= 15 is 0 Å². The van der Waals surface area contributed by atoms with Gasteiger partial charge in [-0.15, -0.1) is 0 Å². The number of pyridine rings is 2. The first-order chi connectivity index (χ1) is 22.3. The molecule has 1 fully saturated rings. The molecule has 46 heavy (non-hydrogen) atoms. The SMILES string of the molecule is CC1(C)Cc2cc3c(=O)n(-c4nccc(-c5cc(Nc6cc7n(n6)CCN(C6COC6)C7)c6ncnn6c5)c4CO)ccn3c2C1. The molecule has 0 radical (unpaired) electrons. The maximum Gasteiger partial charge on any atom is 0.280 e. The van der Waals surface area contributed by atoms with Crippen molar-refractivity contribution >= 4 is 22.7 Å². The fraction of sp³-hybridized carbons (Fsp3) is 0.364. The lowest BCUT2D eigenvalue weighted by Crippen LogP contribution is -2.51. The molecule has 234 valence electrons. The number of hydrogen-bond donors (Lipinski definition) is 2. The Morgan fingerprint density at radius 3 is 2.83 bits per heavy atom. The van der Waals surface area contributed by atoms with Crippen molar-refractivity contribution < 1.29 is 9.84 Å². The molecular weight excluding hydrogens is 584 g/mol. The monoisotopic (exact) mass is 618 g/mol. The first kappa shape index (κ1) is 27.5. The number of anilines is 2. The number of nitrogens with one attached hydrogen (secondary N) is 1. The van der Waals surface area contributed by atoms with Crippen molar-refractivity contribution in [3.63, 3.8) is 0 Å². The first-order valence-electron chi connectivity index (χ1n) is 15.7. The van der Waals surface area contributed by atoms with Gasteiger partial charge in [-0.05, 0) is 47.6 Å². The van der Waals surface area contributed by atoms with Crippen LogP contribution in [0, 0.1) is 5.41 Å². The molecule has 9 rings (SSSR count). The van der Waals surface area contributed by atoms with Crippen LogP contribution in [0.1, 0.15) is 36.4 Å². The van der Waals surface area contributed by atoms with Crippen LogP contribution in [0.4, 0.5) is 11.5 Å². The van der Waals surface area contributed by atoms with E-state index in [-0.39, 0.29) is 17.6 Å². The normalized spacial score (nSPS) is 17.8. The lowest BCUT2D eigenvalue weighted by Gasteiger charge is -2.39. The summed E-state index contributed by atoms with van der Waals surface area (Å²) in [6.45, 7) is 8.38. The molecule has 0 spiro atoms. The van der Waals surface area contributed by atoms with Gasteiger partial charge in [0.05, 0.1) is 43.8 Å². The van der Waals surface area contributed by atoms with Gasteiger partial charge in [0.2, 0.25) is 0 Å². The molecule has 8 heterocycles. The molecule has 2 N–H and O–H groups in total. The molecule has 6 aromatic heterocycles. The van der Waals surface area contributed by atoms with Gasteiger partial charge in [-0.2, -0.15) is 10.2 Å². The van der Waals surface area contributed by atoms with Crippen LogP contribution in [0.25, 0.3) is 28.1 Å². The van der Waals surface area contributed by atoms with Gasteiger partial charge in [-0.1, -0.05) is 13.8 Å². The van der Waals surface area contributed by atoms with Crippen LogP contribution in [-0.4, -0.2) is 74.1 Å². The van der Waals surface area contributed by atoms with E-state index in [0.717, 1.165) is 74.0 Å². The van der Waals surface area contributed by atoms with Crippen LogP contribution >= 0.6 is 0 Å². The molecule has 0 saturated carbocycles. The van der Waals surface area contributed by atoms with E-state index in [1.165, 1.54) is 22.2 Å². The topological polar surface area (TPSA) is 132 Å². The second kappa shape index (κ2) is 10.1. The summed E-state index contributed by atoms with van der Waals surface area (Å²) in [6.07, 6.45) is 10.6. The maximum absolute atomic E-state index is 13.8. The van der Waals surface area contributed by atoms with Crippen molar-refractivity contribution in [3.05, 3.63) is 88.2 Å². The Labute approximate surface area is 263 Å². The predicted molar refractivity (Wildman–Crippen MR) is 170 cm³/mol. The highest BCUT2D eigenvalue weighted by molar-refractivity contribution is 5.80. The maximum atomic E-state index is 13.8. The zero-order chi connectivity index (χ0) is 31.2. The molecule has 3 aliphatic rings. The predicted octanol–water partition coefficient (Wildman–Crippen LogP) is 2.97. The lowest BCUT2D eigenvalue weighted by atomic mass is 9.90. The highest BCUT2D eigenvalue weighted by atomic mass is 16.5. The number of aliphatic hydroxyl groups excluding tert-OH is 1. The Bertz CT molecular complexity index is 2220. The van der Waals surface area contributed by atoms with Gasteiger partial charge in [0.25, 0.3) is 5.56 Å². The van der Waals surface area contributed by atoms with Crippen LogP contribution in [0.3, 0.4) is 0 Å². The molecule has 0 unspecified atom stereocenters. The highest BCUT2D eigenvalue weighted by Crippen LogP contribution is 2.38. The minimum atomic E-state index is -0.309. The lowest BCUT2D eigenvalue weighted by molar-refractivity contribution is -0.0735. The fourth-order valence-corrected chi connectivity index (χ4v) is 7.34. The second-order valence-electron chi connectivity index (χ2n) is 13.4. The summed E-state index contributed by atoms with van der Waals surface area (Å²) < 4.78 is 12.7. The Morgan fingerprint density at radius 2 is 2.00 bits per heavy atom. The largest absolute Gasteiger partial charge is 0.392 e. The van der Waals surface area contributed by atoms with Crippen molar-refractivity contribution in [2.24, 2.45) is 5.41 Å². The van der Waals surface area contributed by atoms with Crippen LogP contribution in [-0.2, 0) is 37.3 Å².